The molecule has 2 aliphatic rings. The molecule has 1 heterocycles. The summed E-state index contributed by atoms with van der Waals surface area (Å²) in [6.45, 7) is 4.64. The number of benzene rings is 1. The van der Waals surface area contributed by atoms with Crippen molar-refractivity contribution >= 4 is 11.9 Å². The number of aliphatic carboxylic acids is 1. The fraction of sp³-hybridized carbons (Fsp3) is 0.500. The van der Waals surface area contributed by atoms with Gasteiger partial charge in [-0.3, -0.25) is 4.79 Å². The molecule has 6 nitrogen and oxygen atoms in total. The number of ether oxygens (including phenoxy) is 3. The normalized spacial score (nSPS) is 28.7. The molecule has 2 fully saturated rings. The third-order valence-electron chi connectivity index (χ3n) is 5.01. The van der Waals surface area contributed by atoms with Gasteiger partial charge in [0.05, 0.1) is 17.6 Å². The lowest BCUT2D eigenvalue weighted by atomic mass is 9.99. The minimum atomic E-state index is -0.926. The zero-order chi connectivity index (χ0) is 18.5. The smallest absolute Gasteiger partial charge is 0.338 e. The van der Waals surface area contributed by atoms with Crippen LogP contribution in [-0.4, -0.2) is 42.7 Å². The van der Waals surface area contributed by atoms with Crippen LogP contribution in [0.3, 0.4) is 0 Å². The molecule has 0 aromatic heterocycles. The average molecular weight is 360 g/mol. The van der Waals surface area contributed by atoms with Crippen LogP contribution in [0.25, 0.3) is 0 Å². The van der Waals surface area contributed by atoms with E-state index < -0.39 is 17.9 Å². The first-order valence-electron chi connectivity index (χ1n) is 8.97. The quantitative estimate of drug-likeness (QED) is 0.620. The highest BCUT2D eigenvalue weighted by Crippen LogP contribution is 2.39. The maximum Gasteiger partial charge on any atom is 0.338 e. The summed E-state index contributed by atoms with van der Waals surface area (Å²) in [7, 11) is 0. The van der Waals surface area contributed by atoms with E-state index in [-0.39, 0.29) is 24.9 Å². The predicted molar refractivity (Wildman–Crippen MR) is 93.6 cm³/mol. The monoisotopic (exact) mass is 360 g/mol. The second kappa shape index (κ2) is 8.47. The van der Waals surface area contributed by atoms with Crippen molar-refractivity contribution in [2.75, 3.05) is 13.2 Å². The number of carboxylic acids is 1. The van der Waals surface area contributed by atoms with Crippen molar-refractivity contribution in [2.45, 2.75) is 38.1 Å². The molecule has 1 aliphatic heterocycles. The Hall–Kier alpha value is -2.18. The first-order chi connectivity index (χ1) is 12.6. The summed E-state index contributed by atoms with van der Waals surface area (Å²) in [4.78, 5) is 23.7. The SMILES string of the molecule is C=C1[C@H](C(=O)O)C[C@H](OC2CCCCO2)[C@H]1COC(=O)c1ccccc1. The highest BCUT2D eigenvalue weighted by molar-refractivity contribution is 5.89. The molecule has 4 atom stereocenters. The van der Waals surface area contributed by atoms with Crippen molar-refractivity contribution in [2.24, 2.45) is 11.8 Å². The Morgan fingerprint density at radius 3 is 2.65 bits per heavy atom. The van der Waals surface area contributed by atoms with Crippen LogP contribution < -0.4 is 0 Å². The van der Waals surface area contributed by atoms with Gasteiger partial charge in [-0.15, -0.1) is 0 Å². The van der Waals surface area contributed by atoms with Crippen molar-refractivity contribution < 1.29 is 28.9 Å². The molecule has 1 N–H and O–H groups in total. The number of esters is 1. The van der Waals surface area contributed by atoms with E-state index in [0.717, 1.165) is 19.3 Å². The molecule has 1 saturated carbocycles. The van der Waals surface area contributed by atoms with Crippen LogP contribution in [0.1, 0.15) is 36.0 Å². The number of hydrogen-bond acceptors (Lipinski definition) is 5. The minimum Gasteiger partial charge on any atom is -0.481 e. The van der Waals surface area contributed by atoms with Crippen molar-refractivity contribution in [3.63, 3.8) is 0 Å². The second-order valence-corrected chi connectivity index (χ2v) is 6.74. The molecule has 0 amide bonds. The Morgan fingerprint density at radius 2 is 2.00 bits per heavy atom. The molecule has 6 heteroatoms. The highest BCUT2D eigenvalue weighted by Gasteiger charge is 2.43. The zero-order valence-electron chi connectivity index (χ0n) is 14.6. The molecule has 0 spiro atoms. The Bertz CT molecular complexity index is 650. The van der Waals surface area contributed by atoms with E-state index in [1.54, 1.807) is 24.3 Å². The standard InChI is InChI=1S/C20H24O6/c1-13-15(19(21)22)11-17(26-18-9-5-6-10-24-18)16(13)12-25-20(23)14-7-3-2-4-8-14/h2-4,7-8,15-18H,1,5-6,9-12H2,(H,21,22)/t15-,16+,17+,18?/m1/s1. The zero-order valence-corrected chi connectivity index (χ0v) is 14.6. The van der Waals surface area contributed by atoms with Crippen LogP contribution in [-0.2, 0) is 19.0 Å². The van der Waals surface area contributed by atoms with E-state index in [1.807, 2.05) is 6.07 Å². The lowest BCUT2D eigenvalue weighted by molar-refractivity contribution is -0.195. The van der Waals surface area contributed by atoms with E-state index >= 15 is 0 Å². The summed E-state index contributed by atoms with van der Waals surface area (Å²) in [5.74, 6) is -2.41. The van der Waals surface area contributed by atoms with Gasteiger partial charge in [0.1, 0.15) is 6.61 Å². The van der Waals surface area contributed by atoms with Crippen molar-refractivity contribution in [3.8, 4) is 0 Å². The molecule has 140 valence electrons. The first kappa shape index (κ1) is 18.6. The van der Waals surface area contributed by atoms with Crippen molar-refractivity contribution in [1.29, 1.82) is 0 Å². The Labute approximate surface area is 152 Å². The number of carboxylic acid groups (broad SMARTS) is 1. The molecule has 1 aromatic rings. The van der Waals surface area contributed by atoms with Gasteiger partial charge in [0.15, 0.2) is 6.29 Å². The van der Waals surface area contributed by atoms with Crippen LogP contribution in [0.5, 0.6) is 0 Å². The van der Waals surface area contributed by atoms with Crippen molar-refractivity contribution in [3.05, 3.63) is 48.0 Å². The molecular formula is C20H24O6. The van der Waals surface area contributed by atoms with Crippen LogP contribution in [0.4, 0.5) is 0 Å². The van der Waals surface area contributed by atoms with Crippen molar-refractivity contribution in [1.82, 2.24) is 0 Å². The molecule has 0 bridgehead atoms. The number of rotatable bonds is 6. The molecule has 1 aliphatic carbocycles. The summed E-state index contributed by atoms with van der Waals surface area (Å²) < 4.78 is 17.0. The molecule has 1 saturated heterocycles. The van der Waals surface area contributed by atoms with Gasteiger partial charge < -0.3 is 19.3 Å². The van der Waals surface area contributed by atoms with Gasteiger partial charge in [-0.05, 0) is 37.8 Å². The van der Waals surface area contributed by atoms with Gasteiger partial charge >= 0.3 is 11.9 Å². The number of hydrogen-bond donors (Lipinski definition) is 1. The maximum absolute atomic E-state index is 12.2. The first-order valence-corrected chi connectivity index (χ1v) is 8.97. The third-order valence-corrected chi connectivity index (χ3v) is 5.01. The molecule has 3 rings (SSSR count). The van der Waals surface area contributed by atoms with E-state index in [1.165, 1.54) is 0 Å². The largest absolute Gasteiger partial charge is 0.481 e. The third kappa shape index (κ3) is 4.31. The molecule has 0 radical (unpaired) electrons. The Balaban J connectivity index is 1.65. The van der Waals surface area contributed by atoms with Crippen LogP contribution in [0.2, 0.25) is 0 Å². The lowest BCUT2D eigenvalue weighted by Crippen LogP contribution is -2.32. The highest BCUT2D eigenvalue weighted by atomic mass is 16.7. The summed E-state index contributed by atoms with van der Waals surface area (Å²) >= 11 is 0. The second-order valence-electron chi connectivity index (χ2n) is 6.74. The summed E-state index contributed by atoms with van der Waals surface area (Å²) in [5, 5.41) is 9.43. The fourth-order valence-electron chi connectivity index (χ4n) is 3.51. The fourth-order valence-corrected chi connectivity index (χ4v) is 3.51. The maximum atomic E-state index is 12.2. The van der Waals surface area contributed by atoms with E-state index in [2.05, 4.69) is 6.58 Å². The van der Waals surface area contributed by atoms with E-state index in [0.29, 0.717) is 24.2 Å². The summed E-state index contributed by atoms with van der Waals surface area (Å²) in [6.07, 6.45) is 2.43. The van der Waals surface area contributed by atoms with Gasteiger partial charge in [0, 0.05) is 12.5 Å². The van der Waals surface area contributed by atoms with Crippen LogP contribution in [0, 0.1) is 11.8 Å². The van der Waals surface area contributed by atoms with E-state index in [9.17, 15) is 14.7 Å². The number of carbonyl (C=O) groups excluding carboxylic acids is 1. The topological polar surface area (TPSA) is 82.1 Å². The lowest BCUT2D eigenvalue weighted by Gasteiger charge is -2.28. The Morgan fingerprint density at radius 1 is 1.23 bits per heavy atom. The Kier molecular flexibility index (Phi) is 6.06. The average Bonchev–Trinajstić information content (AvgIpc) is 2.97. The van der Waals surface area contributed by atoms with Crippen LogP contribution >= 0.6 is 0 Å². The van der Waals surface area contributed by atoms with Gasteiger partial charge in [0.2, 0.25) is 0 Å². The van der Waals surface area contributed by atoms with Crippen LogP contribution in [0.15, 0.2) is 42.5 Å². The minimum absolute atomic E-state index is 0.0493. The molecule has 1 unspecified atom stereocenters. The predicted octanol–water partition coefficient (Wildman–Crippen LogP) is 3.03. The van der Waals surface area contributed by atoms with E-state index in [4.69, 9.17) is 14.2 Å². The molecule has 26 heavy (non-hydrogen) atoms. The van der Waals surface area contributed by atoms with Gasteiger partial charge in [-0.1, -0.05) is 30.4 Å². The molecular weight excluding hydrogens is 336 g/mol. The van der Waals surface area contributed by atoms with Gasteiger partial charge in [0.25, 0.3) is 0 Å². The van der Waals surface area contributed by atoms with Gasteiger partial charge in [-0.25, -0.2) is 4.79 Å². The number of carbonyl (C=O) groups is 2. The summed E-state index contributed by atoms with van der Waals surface area (Å²) in [5.41, 5.74) is 0.998. The molecule has 1 aromatic carbocycles. The van der Waals surface area contributed by atoms with Gasteiger partial charge in [-0.2, -0.15) is 0 Å². The summed E-state index contributed by atoms with van der Waals surface area (Å²) in [6, 6.07) is 8.70.